The van der Waals surface area contributed by atoms with Crippen molar-refractivity contribution in [2.45, 2.75) is 38.8 Å². The number of carboxylic acids is 1. The number of anilines is 2. The SMILES string of the molecule is CC1CCCC=C1c1ccc(N(Cc2ccc(C(=O)NCC(O)C(=O)O)cc2)C(=O)Nc2cc(Cl)cc(Cl)c2)cc1. The number of aliphatic hydroxyl groups excluding tert-OH is 1. The number of carboxylic acid groups (broad SMARTS) is 1. The standard InChI is InChI=1S/C31H31Cl2N3O5/c1-19-4-2-3-5-27(19)21-10-12-26(13-11-21)36(31(41)35-25-15-23(32)14-24(33)16-25)18-20-6-8-22(9-7-20)29(38)34-17-28(37)30(39)40/h5-16,19,28,37H,2-4,17-18H2,1H3,(H,34,38)(H,35,41)(H,39,40). The molecule has 4 N–H and O–H groups in total. The Kier molecular flexibility index (Phi) is 10.0. The zero-order chi connectivity index (χ0) is 29.5. The zero-order valence-corrected chi connectivity index (χ0v) is 24.0. The van der Waals surface area contributed by atoms with E-state index in [0.717, 1.165) is 24.0 Å². The average Bonchev–Trinajstić information content (AvgIpc) is 2.94. The molecule has 1 aliphatic carbocycles. The van der Waals surface area contributed by atoms with Gasteiger partial charge >= 0.3 is 12.0 Å². The monoisotopic (exact) mass is 595 g/mol. The van der Waals surface area contributed by atoms with E-state index in [0.29, 0.717) is 27.3 Å². The first kappa shape index (κ1) is 30.1. The number of hydrogen-bond donors (Lipinski definition) is 4. The molecule has 0 bridgehead atoms. The summed E-state index contributed by atoms with van der Waals surface area (Å²) in [4.78, 5) is 38.3. The highest BCUT2D eigenvalue weighted by Crippen LogP contribution is 2.33. The van der Waals surface area contributed by atoms with E-state index in [1.807, 2.05) is 24.3 Å². The van der Waals surface area contributed by atoms with Gasteiger partial charge in [-0.25, -0.2) is 9.59 Å². The second-order valence-corrected chi connectivity index (χ2v) is 10.8. The molecular weight excluding hydrogens is 565 g/mol. The van der Waals surface area contributed by atoms with E-state index in [9.17, 15) is 19.5 Å². The number of hydrogen-bond acceptors (Lipinski definition) is 4. The van der Waals surface area contributed by atoms with Gasteiger partial charge in [-0.2, -0.15) is 0 Å². The van der Waals surface area contributed by atoms with Gasteiger partial charge in [0.2, 0.25) is 0 Å². The number of allylic oxidation sites excluding steroid dienone is 2. The Labute approximate surface area is 248 Å². The Morgan fingerprint density at radius 2 is 1.66 bits per heavy atom. The van der Waals surface area contributed by atoms with Crippen molar-refractivity contribution >= 4 is 58.1 Å². The van der Waals surface area contributed by atoms with Crippen LogP contribution in [0.4, 0.5) is 16.2 Å². The minimum atomic E-state index is -1.69. The molecular formula is C31H31Cl2N3O5. The largest absolute Gasteiger partial charge is 0.479 e. The van der Waals surface area contributed by atoms with E-state index < -0.39 is 30.6 Å². The maximum Gasteiger partial charge on any atom is 0.334 e. The molecule has 1 aliphatic rings. The molecule has 4 rings (SSSR count). The normalized spacial score (nSPS) is 15.4. The lowest BCUT2D eigenvalue weighted by Gasteiger charge is -2.25. The van der Waals surface area contributed by atoms with Crippen LogP contribution in [0.1, 0.15) is 47.7 Å². The van der Waals surface area contributed by atoms with E-state index in [1.165, 1.54) is 12.0 Å². The highest BCUT2D eigenvalue weighted by Gasteiger charge is 2.20. The molecule has 3 amide bonds. The Balaban J connectivity index is 1.55. The van der Waals surface area contributed by atoms with E-state index in [4.69, 9.17) is 28.3 Å². The molecule has 3 aromatic rings. The molecule has 0 fully saturated rings. The van der Waals surface area contributed by atoms with Crippen LogP contribution in [-0.4, -0.2) is 40.8 Å². The molecule has 214 valence electrons. The fourth-order valence-corrected chi connectivity index (χ4v) is 5.22. The minimum Gasteiger partial charge on any atom is -0.479 e. The van der Waals surface area contributed by atoms with Crippen LogP contribution in [0.2, 0.25) is 10.0 Å². The number of halogens is 2. The third-order valence-electron chi connectivity index (χ3n) is 6.91. The summed E-state index contributed by atoms with van der Waals surface area (Å²) in [5.41, 5.74) is 4.61. The lowest BCUT2D eigenvalue weighted by Crippen LogP contribution is -2.36. The van der Waals surface area contributed by atoms with E-state index in [-0.39, 0.29) is 12.1 Å². The zero-order valence-electron chi connectivity index (χ0n) is 22.4. The molecule has 0 saturated carbocycles. The summed E-state index contributed by atoms with van der Waals surface area (Å²) < 4.78 is 0. The maximum absolute atomic E-state index is 13.5. The predicted octanol–water partition coefficient (Wildman–Crippen LogP) is 6.61. The molecule has 8 nitrogen and oxygen atoms in total. The molecule has 2 unspecified atom stereocenters. The van der Waals surface area contributed by atoms with Gasteiger partial charge in [0.05, 0.1) is 13.1 Å². The van der Waals surface area contributed by atoms with Crippen molar-refractivity contribution in [3.63, 3.8) is 0 Å². The summed E-state index contributed by atoms with van der Waals surface area (Å²) in [7, 11) is 0. The molecule has 2 atom stereocenters. The lowest BCUT2D eigenvalue weighted by atomic mass is 9.85. The van der Waals surface area contributed by atoms with Crippen molar-refractivity contribution in [2.75, 3.05) is 16.8 Å². The summed E-state index contributed by atoms with van der Waals surface area (Å²) >= 11 is 12.3. The van der Waals surface area contributed by atoms with Gasteiger partial charge in [-0.05, 0) is 84.3 Å². The van der Waals surface area contributed by atoms with Gasteiger partial charge in [0.1, 0.15) is 0 Å². The first-order valence-electron chi connectivity index (χ1n) is 13.2. The van der Waals surface area contributed by atoms with Crippen LogP contribution in [0.15, 0.2) is 72.8 Å². The van der Waals surface area contributed by atoms with Crippen LogP contribution in [0.3, 0.4) is 0 Å². The Morgan fingerprint density at radius 1 is 1.00 bits per heavy atom. The molecule has 41 heavy (non-hydrogen) atoms. The molecule has 0 spiro atoms. The number of urea groups is 1. The van der Waals surface area contributed by atoms with Crippen molar-refractivity contribution < 1.29 is 24.6 Å². The van der Waals surface area contributed by atoms with Crippen molar-refractivity contribution in [2.24, 2.45) is 5.92 Å². The van der Waals surface area contributed by atoms with Crippen LogP contribution in [0.25, 0.3) is 5.57 Å². The van der Waals surface area contributed by atoms with Crippen LogP contribution >= 0.6 is 23.2 Å². The second kappa shape index (κ2) is 13.7. The minimum absolute atomic E-state index is 0.193. The van der Waals surface area contributed by atoms with Gasteiger partial charge in [0.25, 0.3) is 5.91 Å². The predicted molar refractivity (Wildman–Crippen MR) is 162 cm³/mol. The summed E-state index contributed by atoms with van der Waals surface area (Å²) in [6, 6.07) is 18.9. The smallest absolute Gasteiger partial charge is 0.334 e. The van der Waals surface area contributed by atoms with Crippen LogP contribution in [0.5, 0.6) is 0 Å². The third kappa shape index (κ3) is 8.10. The van der Waals surface area contributed by atoms with Gasteiger partial charge in [-0.1, -0.05) is 60.5 Å². The molecule has 0 radical (unpaired) electrons. The quantitative estimate of drug-likeness (QED) is 0.222. The van der Waals surface area contributed by atoms with Crippen LogP contribution in [0, 0.1) is 5.92 Å². The van der Waals surface area contributed by atoms with Crippen molar-refractivity contribution in [3.8, 4) is 0 Å². The number of amides is 3. The van der Waals surface area contributed by atoms with Gasteiger partial charge in [-0.3, -0.25) is 9.69 Å². The highest BCUT2D eigenvalue weighted by atomic mass is 35.5. The second-order valence-electron chi connectivity index (χ2n) is 9.97. The van der Waals surface area contributed by atoms with Gasteiger partial charge < -0.3 is 20.8 Å². The van der Waals surface area contributed by atoms with Crippen molar-refractivity contribution in [3.05, 3.63) is 99.5 Å². The fourth-order valence-electron chi connectivity index (χ4n) is 4.69. The molecule has 0 saturated heterocycles. The summed E-state index contributed by atoms with van der Waals surface area (Å²) in [5, 5.41) is 24.2. The summed E-state index contributed by atoms with van der Waals surface area (Å²) in [6.07, 6.45) is 4.00. The Hall–Kier alpha value is -3.85. The molecule has 0 heterocycles. The lowest BCUT2D eigenvalue weighted by molar-refractivity contribution is -0.146. The van der Waals surface area contributed by atoms with E-state index in [1.54, 1.807) is 47.4 Å². The average molecular weight is 597 g/mol. The van der Waals surface area contributed by atoms with E-state index in [2.05, 4.69) is 23.6 Å². The van der Waals surface area contributed by atoms with Gasteiger partial charge in [0.15, 0.2) is 6.10 Å². The Bertz CT molecular complexity index is 1420. The van der Waals surface area contributed by atoms with Gasteiger partial charge in [-0.15, -0.1) is 0 Å². The molecule has 0 aromatic heterocycles. The van der Waals surface area contributed by atoms with Crippen LogP contribution in [-0.2, 0) is 11.3 Å². The first-order chi connectivity index (χ1) is 19.6. The number of carbonyl (C=O) groups excluding carboxylic acids is 2. The molecule has 0 aliphatic heterocycles. The number of aliphatic carboxylic acids is 1. The van der Waals surface area contributed by atoms with Crippen molar-refractivity contribution in [1.82, 2.24) is 5.32 Å². The number of nitrogens with zero attached hydrogens (tertiary/aromatic N) is 1. The van der Waals surface area contributed by atoms with E-state index >= 15 is 0 Å². The molecule has 10 heteroatoms. The number of carbonyl (C=O) groups is 3. The fraction of sp³-hybridized carbons (Fsp3) is 0.258. The summed E-state index contributed by atoms with van der Waals surface area (Å²) in [6.45, 7) is 2.01. The van der Waals surface area contributed by atoms with Gasteiger partial charge in [0, 0.05) is 27.0 Å². The topological polar surface area (TPSA) is 119 Å². The number of nitrogens with one attached hydrogen (secondary N) is 2. The number of benzene rings is 3. The number of rotatable bonds is 9. The molecule has 3 aromatic carbocycles. The number of aliphatic hydroxyl groups is 1. The highest BCUT2D eigenvalue weighted by molar-refractivity contribution is 6.35. The summed E-state index contributed by atoms with van der Waals surface area (Å²) in [5.74, 6) is -1.46. The maximum atomic E-state index is 13.5. The Morgan fingerprint density at radius 3 is 2.27 bits per heavy atom. The van der Waals surface area contributed by atoms with Crippen molar-refractivity contribution in [1.29, 1.82) is 0 Å². The third-order valence-corrected chi connectivity index (χ3v) is 7.34. The van der Waals surface area contributed by atoms with Crippen LogP contribution < -0.4 is 15.5 Å². The first-order valence-corrected chi connectivity index (χ1v) is 14.0.